The monoisotopic (exact) mass is 410 g/mol. The molecule has 0 aromatic heterocycles. The molecule has 1 fully saturated rings. The third-order valence-corrected chi connectivity index (χ3v) is 6.06. The third kappa shape index (κ3) is 13.0. The third-order valence-electron chi connectivity index (χ3n) is 6.06. The molecule has 0 atom stereocenters. The SMILES string of the molecule is CCCCCOC(=O)C1CCC(C(=O)OCCCCCCCCCC(C)C)CC1. The maximum absolute atomic E-state index is 12.2. The van der Waals surface area contributed by atoms with E-state index in [1.54, 1.807) is 0 Å². The molecule has 4 nitrogen and oxygen atoms in total. The fraction of sp³-hybridized carbons (Fsp3) is 0.920. The maximum atomic E-state index is 12.2. The second-order valence-electron chi connectivity index (χ2n) is 9.25. The van der Waals surface area contributed by atoms with Crippen molar-refractivity contribution < 1.29 is 19.1 Å². The second-order valence-corrected chi connectivity index (χ2v) is 9.25. The largest absolute Gasteiger partial charge is 0.465 e. The first-order valence-electron chi connectivity index (χ1n) is 12.4. The molecule has 0 bridgehead atoms. The average molecular weight is 411 g/mol. The molecule has 0 heterocycles. The number of carbonyl (C=O) groups is 2. The van der Waals surface area contributed by atoms with Gasteiger partial charge in [0.1, 0.15) is 0 Å². The Kier molecular flexibility index (Phi) is 15.0. The zero-order chi connectivity index (χ0) is 21.3. The van der Waals surface area contributed by atoms with E-state index in [0.717, 1.165) is 63.7 Å². The Morgan fingerprint density at radius 2 is 1.10 bits per heavy atom. The lowest BCUT2D eigenvalue weighted by Gasteiger charge is -2.26. The highest BCUT2D eigenvalue weighted by Gasteiger charge is 2.31. The molecule has 1 rings (SSSR count). The molecule has 1 aliphatic carbocycles. The van der Waals surface area contributed by atoms with Gasteiger partial charge in [0.05, 0.1) is 25.0 Å². The van der Waals surface area contributed by atoms with E-state index in [-0.39, 0.29) is 23.8 Å². The van der Waals surface area contributed by atoms with Crippen LogP contribution in [0.3, 0.4) is 0 Å². The van der Waals surface area contributed by atoms with E-state index >= 15 is 0 Å². The molecule has 0 aliphatic heterocycles. The number of esters is 2. The predicted octanol–water partition coefficient (Wildman–Crippen LogP) is 6.85. The molecule has 0 aromatic carbocycles. The van der Waals surface area contributed by atoms with Gasteiger partial charge in [-0.2, -0.15) is 0 Å². The molecule has 0 amide bonds. The first-order chi connectivity index (χ1) is 14.0. The van der Waals surface area contributed by atoms with Crippen molar-refractivity contribution in [2.75, 3.05) is 13.2 Å². The Morgan fingerprint density at radius 1 is 0.690 bits per heavy atom. The minimum atomic E-state index is -0.0721. The van der Waals surface area contributed by atoms with E-state index in [1.165, 1.54) is 38.5 Å². The summed E-state index contributed by atoms with van der Waals surface area (Å²) in [4.78, 5) is 24.3. The van der Waals surface area contributed by atoms with E-state index in [9.17, 15) is 9.59 Å². The van der Waals surface area contributed by atoms with Crippen molar-refractivity contribution in [3.63, 3.8) is 0 Å². The van der Waals surface area contributed by atoms with E-state index in [2.05, 4.69) is 20.8 Å². The molecule has 0 spiro atoms. The van der Waals surface area contributed by atoms with Crippen LogP contribution in [0.4, 0.5) is 0 Å². The van der Waals surface area contributed by atoms with Crippen molar-refractivity contribution >= 4 is 11.9 Å². The molecule has 170 valence electrons. The van der Waals surface area contributed by atoms with Crippen LogP contribution >= 0.6 is 0 Å². The van der Waals surface area contributed by atoms with Crippen LogP contribution in [0.1, 0.15) is 117 Å². The molecule has 0 N–H and O–H groups in total. The summed E-state index contributed by atoms with van der Waals surface area (Å²) in [6.45, 7) is 7.79. The molecule has 0 aromatic rings. The first-order valence-corrected chi connectivity index (χ1v) is 12.4. The van der Waals surface area contributed by atoms with Crippen LogP contribution in [0.15, 0.2) is 0 Å². The van der Waals surface area contributed by atoms with Crippen molar-refractivity contribution in [1.82, 2.24) is 0 Å². The lowest BCUT2D eigenvalue weighted by Crippen LogP contribution is -2.28. The minimum absolute atomic E-state index is 0.0267. The van der Waals surface area contributed by atoms with E-state index in [0.29, 0.717) is 13.2 Å². The summed E-state index contributed by atoms with van der Waals surface area (Å²) in [5.74, 6) is 0.635. The number of carbonyl (C=O) groups excluding carboxylic acids is 2. The van der Waals surface area contributed by atoms with Crippen LogP contribution in [0, 0.1) is 17.8 Å². The normalized spacial score (nSPS) is 19.3. The summed E-state index contributed by atoms with van der Waals surface area (Å²) in [5, 5.41) is 0. The molecular weight excluding hydrogens is 364 g/mol. The Morgan fingerprint density at radius 3 is 1.55 bits per heavy atom. The number of hydrogen-bond acceptors (Lipinski definition) is 4. The van der Waals surface area contributed by atoms with Crippen LogP contribution in [0.5, 0.6) is 0 Å². The lowest BCUT2D eigenvalue weighted by molar-refractivity contribution is -0.155. The molecule has 0 saturated heterocycles. The molecular formula is C25H46O4. The fourth-order valence-electron chi connectivity index (χ4n) is 4.04. The van der Waals surface area contributed by atoms with E-state index < -0.39 is 0 Å². The van der Waals surface area contributed by atoms with Gasteiger partial charge in [0.25, 0.3) is 0 Å². The summed E-state index contributed by atoms with van der Waals surface area (Å²) in [6, 6.07) is 0. The lowest BCUT2D eigenvalue weighted by atomic mass is 9.82. The smallest absolute Gasteiger partial charge is 0.308 e. The van der Waals surface area contributed by atoms with Gasteiger partial charge < -0.3 is 9.47 Å². The average Bonchev–Trinajstić information content (AvgIpc) is 2.72. The molecule has 0 radical (unpaired) electrons. The van der Waals surface area contributed by atoms with Gasteiger partial charge in [-0.05, 0) is 44.4 Å². The van der Waals surface area contributed by atoms with Gasteiger partial charge in [0.15, 0.2) is 0 Å². The van der Waals surface area contributed by atoms with Crippen LogP contribution in [0.25, 0.3) is 0 Å². The molecule has 0 unspecified atom stereocenters. The molecule has 4 heteroatoms. The number of rotatable bonds is 16. The Hall–Kier alpha value is -1.06. The van der Waals surface area contributed by atoms with E-state index in [4.69, 9.17) is 9.47 Å². The van der Waals surface area contributed by atoms with Gasteiger partial charge in [0.2, 0.25) is 0 Å². The summed E-state index contributed by atoms with van der Waals surface area (Å²) in [5.41, 5.74) is 0. The van der Waals surface area contributed by atoms with Gasteiger partial charge in [0, 0.05) is 0 Å². The highest BCUT2D eigenvalue weighted by atomic mass is 16.5. The Balaban J connectivity index is 1.99. The summed E-state index contributed by atoms with van der Waals surface area (Å²) < 4.78 is 10.9. The zero-order valence-electron chi connectivity index (χ0n) is 19.4. The molecule has 29 heavy (non-hydrogen) atoms. The molecule has 1 saturated carbocycles. The van der Waals surface area contributed by atoms with Gasteiger partial charge in [-0.3, -0.25) is 9.59 Å². The number of unbranched alkanes of at least 4 members (excludes halogenated alkanes) is 8. The zero-order valence-corrected chi connectivity index (χ0v) is 19.4. The Labute approximate surface area is 179 Å². The van der Waals surface area contributed by atoms with Crippen LogP contribution in [-0.2, 0) is 19.1 Å². The summed E-state index contributed by atoms with van der Waals surface area (Å²) >= 11 is 0. The van der Waals surface area contributed by atoms with Gasteiger partial charge in [-0.15, -0.1) is 0 Å². The first kappa shape index (κ1) is 26.0. The van der Waals surface area contributed by atoms with Crippen LogP contribution < -0.4 is 0 Å². The Bertz CT molecular complexity index is 425. The van der Waals surface area contributed by atoms with Crippen LogP contribution in [-0.4, -0.2) is 25.2 Å². The van der Waals surface area contributed by atoms with Crippen molar-refractivity contribution in [3.8, 4) is 0 Å². The van der Waals surface area contributed by atoms with Gasteiger partial charge >= 0.3 is 11.9 Å². The van der Waals surface area contributed by atoms with Crippen molar-refractivity contribution in [2.45, 2.75) is 117 Å². The van der Waals surface area contributed by atoms with Crippen molar-refractivity contribution in [3.05, 3.63) is 0 Å². The highest BCUT2D eigenvalue weighted by Crippen LogP contribution is 2.30. The fourth-order valence-corrected chi connectivity index (χ4v) is 4.04. The topological polar surface area (TPSA) is 52.6 Å². The number of hydrogen-bond donors (Lipinski definition) is 0. The minimum Gasteiger partial charge on any atom is -0.465 e. The molecule has 1 aliphatic rings. The summed E-state index contributed by atoms with van der Waals surface area (Å²) in [7, 11) is 0. The quantitative estimate of drug-likeness (QED) is 0.206. The van der Waals surface area contributed by atoms with Gasteiger partial charge in [-0.25, -0.2) is 0 Å². The number of ether oxygens (including phenoxy) is 2. The van der Waals surface area contributed by atoms with Gasteiger partial charge in [-0.1, -0.05) is 78.6 Å². The predicted molar refractivity (Wildman–Crippen MR) is 119 cm³/mol. The van der Waals surface area contributed by atoms with Crippen LogP contribution in [0.2, 0.25) is 0 Å². The van der Waals surface area contributed by atoms with Crippen molar-refractivity contribution in [2.24, 2.45) is 17.8 Å². The second kappa shape index (κ2) is 16.7. The maximum Gasteiger partial charge on any atom is 0.308 e. The van der Waals surface area contributed by atoms with Crippen molar-refractivity contribution in [1.29, 1.82) is 0 Å². The van der Waals surface area contributed by atoms with E-state index in [1.807, 2.05) is 0 Å². The standard InChI is InChI=1S/C25H46O4/c1-4-5-12-19-28-24(26)22-15-17-23(18-16-22)25(27)29-20-13-10-8-6-7-9-11-14-21(2)3/h21-23H,4-20H2,1-3H3. The summed E-state index contributed by atoms with van der Waals surface area (Å²) in [6.07, 6.45) is 16.2. The highest BCUT2D eigenvalue weighted by molar-refractivity contribution is 5.75.